The van der Waals surface area contributed by atoms with Crippen molar-refractivity contribution in [1.29, 1.82) is 0 Å². The first-order chi connectivity index (χ1) is 14.9. The number of piperidine rings is 1. The number of furan rings is 1. The Bertz CT molecular complexity index is 853. The second kappa shape index (κ2) is 9.64. The van der Waals surface area contributed by atoms with Crippen molar-refractivity contribution in [2.75, 3.05) is 19.6 Å². The minimum atomic E-state index is -0.431. The summed E-state index contributed by atoms with van der Waals surface area (Å²) < 4.78 is 11.0. The number of likely N-dealkylation sites (tertiary alicyclic amines) is 1. The molecule has 0 atom stereocenters. The summed E-state index contributed by atoms with van der Waals surface area (Å²) in [6.07, 6.45) is 9.83. The number of benzene rings is 1. The zero-order chi connectivity index (χ0) is 21.8. The number of hydrogen-bond acceptors (Lipinski definition) is 4. The first-order valence-corrected chi connectivity index (χ1v) is 12.1. The summed E-state index contributed by atoms with van der Waals surface area (Å²) in [7, 11) is 0. The van der Waals surface area contributed by atoms with Gasteiger partial charge in [-0.1, -0.05) is 12.1 Å². The van der Waals surface area contributed by atoms with E-state index in [0.717, 1.165) is 24.3 Å². The average Bonchev–Trinajstić information content (AvgIpc) is 3.21. The van der Waals surface area contributed by atoms with Gasteiger partial charge in [-0.25, -0.2) is 4.79 Å². The van der Waals surface area contributed by atoms with Gasteiger partial charge in [-0.3, -0.25) is 0 Å². The number of ether oxygens (including phenoxy) is 1. The molecular weight excluding hydrogens is 388 g/mol. The molecule has 4 rings (SSSR count). The molecule has 1 saturated heterocycles. The van der Waals surface area contributed by atoms with Crippen LogP contribution in [-0.4, -0.2) is 42.3 Å². The van der Waals surface area contributed by atoms with Crippen molar-refractivity contribution < 1.29 is 13.9 Å². The number of alkyl carbamates (subject to hydrolysis) is 1. The van der Waals surface area contributed by atoms with E-state index in [-0.39, 0.29) is 12.1 Å². The summed E-state index contributed by atoms with van der Waals surface area (Å²) >= 11 is 0. The Labute approximate surface area is 186 Å². The molecule has 0 bridgehead atoms. The number of carbonyl (C=O) groups excluding carboxylic acids is 1. The van der Waals surface area contributed by atoms with Gasteiger partial charge in [0.15, 0.2) is 0 Å². The lowest BCUT2D eigenvalue weighted by atomic mass is 9.83. The number of rotatable bonds is 5. The normalized spacial score (nSPS) is 23.7. The number of fused-ring (bicyclic) bond motifs is 1. The fourth-order valence-electron chi connectivity index (χ4n) is 5.28. The smallest absolute Gasteiger partial charge is 0.407 e. The molecule has 5 heteroatoms. The zero-order valence-corrected chi connectivity index (χ0v) is 19.4. The number of amides is 1. The fraction of sp³-hybridized carbons (Fsp3) is 0.654. The molecule has 1 aromatic heterocycles. The molecule has 2 fully saturated rings. The van der Waals surface area contributed by atoms with Crippen LogP contribution in [0.2, 0.25) is 0 Å². The maximum atomic E-state index is 12.0. The van der Waals surface area contributed by atoms with Gasteiger partial charge in [0.05, 0.1) is 6.26 Å². The van der Waals surface area contributed by atoms with Crippen LogP contribution in [0.3, 0.4) is 0 Å². The Morgan fingerprint density at radius 3 is 2.55 bits per heavy atom. The van der Waals surface area contributed by atoms with Crippen molar-refractivity contribution >= 4 is 17.1 Å². The average molecular weight is 427 g/mol. The van der Waals surface area contributed by atoms with E-state index in [9.17, 15) is 4.79 Å². The van der Waals surface area contributed by atoms with Crippen molar-refractivity contribution in [1.82, 2.24) is 10.2 Å². The predicted molar refractivity (Wildman–Crippen MR) is 124 cm³/mol. The Morgan fingerprint density at radius 2 is 1.84 bits per heavy atom. The van der Waals surface area contributed by atoms with Gasteiger partial charge in [0.25, 0.3) is 0 Å². The largest absolute Gasteiger partial charge is 0.464 e. The SMILES string of the molecule is CC(C)(C)OC(=O)NC1CCC(CCN2CCC(c3cccc4occc34)CC2)CC1. The topological polar surface area (TPSA) is 54.7 Å². The number of nitrogens with one attached hydrogen (secondary N) is 1. The van der Waals surface area contributed by atoms with Crippen LogP contribution >= 0.6 is 0 Å². The van der Waals surface area contributed by atoms with Gasteiger partial charge in [-0.15, -0.1) is 0 Å². The van der Waals surface area contributed by atoms with Gasteiger partial charge in [0.2, 0.25) is 0 Å². The van der Waals surface area contributed by atoms with E-state index in [0.29, 0.717) is 5.92 Å². The maximum Gasteiger partial charge on any atom is 0.407 e. The molecule has 0 spiro atoms. The Balaban J connectivity index is 1.16. The van der Waals surface area contributed by atoms with Crippen molar-refractivity contribution in [3.8, 4) is 0 Å². The Morgan fingerprint density at radius 1 is 1.10 bits per heavy atom. The summed E-state index contributed by atoms with van der Waals surface area (Å²) in [5, 5.41) is 4.34. The molecule has 1 aromatic carbocycles. The third kappa shape index (κ3) is 6.03. The molecule has 2 aliphatic rings. The van der Waals surface area contributed by atoms with E-state index in [1.54, 1.807) is 6.26 Å². The molecule has 5 nitrogen and oxygen atoms in total. The van der Waals surface area contributed by atoms with Gasteiger partial charge in [0, 0.05) is 11.4 Å². The summed E-state index contributed by atoms with van der Waals surface area (Å²) in [6, 6.07) is 8.85. The molecular formula is C26H38N2O3. The van der Waals surface area contributed by atoms with Gasteiger partial charge in [0.1, 0.15) is 11.2 Å². The minimum Gasteiger partial charge on any atom is -0.464 e. The van der Waals surface area contributed by atoms with Crippen LogP contribution in [0, 0.1) is 5.92 Å². The van der Waals surface area contributed by atoms with Crippen LogP contribution in [0.25, 0.3) is 11.0 Å². The minimum absolute atomic E-state index is 0.271. The highest BCUT2D eigenvalue weighted by Crippen LogP contribution is 2.34. The monoisotopic (exact) mass is 426 g/mol. The molecule has 0 unspecified atom stereocenters. The summed E-state index contributed by atoms with van der Waals surface area (Å²) in [6.45, 7) is 9.30. The maximum absolute atomic E-state index is 12.0. The van der Waals surface area contributed by atoms with E-state index >= 15 is 0 Å². The van der Waals surface area contributed by atoms with Crippen molar-refractivity contribution in [2.24, 2.45) is 5.92 Å². The van der Waals surface area contributed by atoms with Crippen molar-refractivity contribution in [3.05, 3.63) is 36.1 Å². The number of carbonyl (C=O) groups is 1. The molecule has 2 heterocycles. The predicted octanol–water partition coefficient (Wildman–Crippen LogP) is 6.09. The molecule has 31 heavy (non-hydrogen) atoms. The highest BCUT2D eigenvalue weighted by atomic mass is 16.6. The molecule has 170 valence electrons. The molecule has 0 radical (unpaired) electrons. The lowest BCUT2D eigenvalue weighted by Gasteiger charge is -2.35. The van der Waals surface area contributed by atoms with Gasteiger partial charge >= 0.3 is 6.09 Å². The first-order valence-electron chi connectivity index (χ1n) is 12.1. The van der Waals surface area contributed by atoms with E-state index in [1.807, 2.05) is 20.8 Å². The van der Waals surface area contributed by atoms with Crippen molar-refractivity contribution in [2.45, 2.75) is 83.3 Å². The van der Waals surface area contributed by atoms with E-state index < -0.39 is 5.60 Å². The lowest BCUT2D eigenvalue weighted by Crippen LogP contribution is -2.41. The molecule has 2 aromatic rings. The zero-order valence-electron chi connectivity index (χ0n) is 19.4. The summed E-state index contributed by atoms with van der Waals surface area (Å²) in [5.41, 5.74) is 2.04. The highest BCUT2D eigenvalue weighted by Gasteiger charge is 2.26. The molecule has 1 aliphatic carbocycles. The number of nitrogens with zero attached hydrogens (tertiary/aromatic N) is 1. The summed E-state index contributed by atoms with van der Waals surface area (Å²) in [4.78, 5) is 14.6. The third-order valence-corrected chi connectivity index (χ3v) is 6.98. The van der Waals surface area contributed by atoms with Gasteiger partial charge in [-0.2, -0.15) is 0 Å². The Kier molecular flexibility index (Phi) is 6.90. The summed E-state index contributed by atoms with van der Waals surface area (Å²) in [5.74, 6) is 1.43. The second-order valence-electron chi connectivity index (χ2n) is 10.4. The van der Waals surface area contributed by atoms with Crippen LogP contribution in [0.1, 0.15) is 77.2 Å². The van der Waals surface area contributed by atoms with E-state index in [2.05, 4.69) is 34.5 Å². The number of hydrogen-bond donors (Lipinski definition) is 1. The molecule has 1 saturated carbocycles. The van der Waals surface area contributed by atoms with E-state index in [1.165, 1.54) is 62.7 Å². The van der Waals surface area contributed by atoms with Crippen LogP contribution < -0.4 is 5.32 Å². The quantitative estimate of drug-likeness (QED) is 0.629. The second-order valence-corrected chi connectivity index (χ2v) is 10.4. The van der Waals surface area contributed by atoms with Crippen LogP contribution in [0.15, 0.2) is 34.9 Å². The molecule has 1 amide bonds. The van der Waals surface area contributed by atoms with Gasteiger partial charge < -0.3 is 19.4 Å². The molecule has 1 N–H and O–H groups in total. The van der Waals surface area contributed by atoms with Crippen LogP contribution in [-0.2, 0) is 4.74 Å². The lowest BCUT2D eigenvalue weighted by molar-refractivity contribution is 0.0485. The standard InChI is InChI=1S/C26H38N2O3/c1-26(2,3)31-25(29)27-21-9-7-19(8-10-21)11-15-28-16-12-20(13-17-28)22-5-4-6-24-23(22)14-18-30-24/h4-6,14,18-21H,7-13,15-17H2,1-3H3,(H,27,29). The van der Waals surface area contributed by atoms with E-state index in [4.69, 9.17) is 9.15 Å². The van der Waals surface area contributed by atoms with Gasteiger partial charge in [-0.05, 0) is 115 Å². The Hall–Kier alpha value is -2.01. The van der Waals surface area contributed by atoms with Crippen LogP contribution in [0.4, 0.5) is 4.79 Å². The van der Waals surface area contributed by atoms with Crippen molar-refractivity contribution in [3.63, 3.8) is 0 Å². The first kappa shape index (κ1) is 22.2. The fourth-order valence-corrected chi connectivity index (χ4v) is 5.28. The van der Waals surface area contributed by atoms with Crippen LogP contribution in [0.5, 0.6) is 0 Å². The highest BCUT2D eigenvalue weighted by molar-refractivity contribution is 5.81. The molecule has 1 aliphatic heterocycles. The third-order valence-electron chi connectivity index (χ3n) is 6.98.